The van der Waals surface area contributed by atoms with Crippen LogP contribution < -0.4 is 11.1 Å². The standard InChI is InChI=1S/C23H31FN4O2S.ClH/c1-13(15-6-8-16(9-7-15)19-14(2)26-12-31-19)27-21(29)18-10-17(24)11-28(18)22(30)20(25)23(3,4)5;/h6-9,12-13,17-18,20H,10-11,25H2,1-5H3,(H,27,29);1H/t13-,17-,18-,20?;/m0./s1. The fraction of sp³-hybridized carbons (Fsp3) is 0.522. The Morgan fingerprint density at radius 2 is 1.91 bits per heavy atom. The maximum atomic E-state index is 14.2. The van der Waals surface area contributed by atoms with Crippen LogP contribution in [0.5, 0.6) is 0 Å². The summed E-state index contributed by atoms with van der Waals surface area (Å²) < 4.78 is 14.2. The molecule has 1 fully saturated rings. The van der Waals surface area contributed by atoms with E-state index in [0.717, 1.165) is 21.7 Å². The van der Waals surface area contributed by atoms with Gasteiger partial charge in [0, 0.05) is 6.42 Å². The first kappa shape index (κ1) is 26.2. The first-order valence-corrected chi connectivity index (χ1v) is 11.4. The van der Waals surface area contributed by atoms with Crippen LogP contribution in [0.2, 0.25) is 0 Å². The van der Waals surface area contributed by atoms with Crippen LogP contribution in [-0.4, -0.2) is 46.5 Å². The number of carbonyl (C=O) groups excluding carboxylic acids is 2. The van der Waals surface area contributed by atoms with Crippen molar-refractivity contribution in [3.63, 3.8) is 0 Å². The number of carbonyl (C=O) groups is 2. The van der Waals surface area contributed by atoms with Crippen LogP contribution in [0.4, 0.5) is 4.39 Å². The van der Waals surface area contributed by atoms with Gasteiger partial charge < -0.3 is 16.0 Å². The van der Waals surface area contributed by atoms with Crippen LogP contribution in [0.15, 0.2) is 29.8 Å². The average Bonchev–Trinajstić information content (AvgIpc) is 3.31. The Morgan fingerprint density at radius 3 is 2.44 bits per heavy atom. The first-order valence-electron chi connectivity index (χ1n) is 10.5. The number of nitrogens with one attached hydrogen (secondary N) is 1. The van der Waals surface area contributed by atoms with Gasteiger partial charge in [-0.1, -0.05) is 45.0 Å². The number of hydrogen-bond acceptors (Lipinski definition) is 5. The van der Waals surface area contributed by atoms with Gasteiger partial charge in [-0.05, 0) is 30.4 Å². The number of hydrogen-bond donors (Lipinski definition) is 2. The molecule has 1 unspecified atom stereocenters. The Balaban J connectivity index is 0.00000363. The second kappa shape index (κ2) is 10.3. The number of likely N-dealkylation sites (tertiary alicyclic amines) is 1. The second-order valence-electron chi connectivity index (χ2n) is 9.30. The van der Waals surface area contributed by atoms with Gasteiger partial charge in [0.15, 0.2) is 0 Å². The molecule has 0 saturated carbocycles. The van der Waals surface area contributed by atoms with Crippen molar-refractivity contribution in [2.24, 2.45) is 11.1 Å². The predicted octanol–water partition coefficient (Wildman–Crippen LogP) is 4.03. The molecule has 1 aliphatic rings. The van der Waals surface area contributed by atoms with Crippen molar-refractivity contribution in [2.75, 3.05) is 6.54 Å². The third-order valence-corrected chi connectivity index (χ3v) is 6.79. The summed E-state index contributed by atoms with van der Waals surface area (Å²) in [7, 11) is 0. The quantitative estimate of drug-likeness (QED) is 0.673. The van der Waals surface area contributed by atoms with Crippen LogP contribution in [0.3, 0.4) is 0 Å². The lowest BCUT2D eigenvalue weighted by Crippen LogP contribution is -2.55. The Kier molecular flexibility index (Phi) is 8.42. The third-order valence-electron chi connectivity index (χ3n) is 5.81. The number of nitrogens with zero attached hydrogens (tertiary/aromatic N) is 2. The van der Waals surface area contributed by atoms with Gasteiger partial charge in [0.25, 0.3) is 0 Å². The number of rotatable bonds is 5. The van der Waals surface area contributed by atoms with Crippen molar-refractivity contribution in [1.82, 2.24) is 15.2 Å². The van der Waals surface area contributed by atoms with E-state index in [-0.39, 0.29) is 43.2 Å². The lowest BCUT2D eigenvalue weighted by molar-refractivity contribution is -0.141. The van der Waals surface area contributed by atoms with Crippen molar-refractivity contribution in [3.8, 4) is 10.4 Å². The van der Waals surface area contributed by atoms with E-state index in [4.69, 9.17) is 5.73 Å². The second-order valence-corrected chi connectivity index (χ2v) is 10.2. The SMILES string of the molecule is Cc1ncsc1-c1ccc([C@H](C)NC(=O)[C@@H]2C[C@H](F)CN2C(=O)C(N)C(C)(C)C)cc1.Cl. The minimum absolute atomic E-state index is 0. The van der Waals surface area contributed by atoms with E-state index in [1.807, 2.05) is 64.4 Å². The zero-order valence-electron chi connectivity index (χ0n) is 19.1. The number of thiazole rings is 1. The molecule has 1 aromatic carbocycles. The molecule has 2 heterocycles. The van der Waals surface area contributed by atoms with E-state index in [1.165, 1.54) is 4.90 Å². The highest BCUT2D eigenvalue weighted by Gasteiger charge is 2.43. The number of alkyl halides is 1. The molecule has 176 valence electrons. The lowest BCUT2D eigenvalue weighted by Gasteiger charge is -2.32. The van der Waals surface area contributed by atoms with Crippen molar-refractivity contribution in [3.05, 3.63) is 41.0 Å². The van der Waals surface area contributed by atoms with E-state index in [9.17, 15) is 14.0 Å². The largest absolute Gasteiger partial charge is 0.348 e. The molecule has 0 radical (unpaired) electrons. The monoisotopic (exact) mass is 482 g/mol. The Labute approximate surface area is 199 Å². The average molecular weight is 483 g/mol. The molecule has 1 saturated heterocycles. The summed E-state index contributed by atoms with van der Waals surface area (Å²) >= 11 is 1.59. The Morgan fingerprint density at radius 1 is 1.28 bits per heavy atom. The summed E-state index contributed by atoms with van der Waals surface area (Å²) in [6.45, 7) is 9.31. The topological polar surface area (TPSA) is 88.3 Å². The van der Waals surface area contributed by atoms with Gasteiger partial charge in [-0.3, -0.25) is 9.59 Å². The molecule has 1 aliphatic heterocycles. The molecular weight excluding hydrogens is 451 g/mol. The molecule has 4 atom stereocenters. The van der Waals surface area contributed by atoms with Crippen molar-refractivity contribution < 1.29 is 14.0 Å². The molecule has 2 aromatic rings. The van der Waals surface area contributed by atoms with Gasteiger partial charge in [-0.25, -0.2) is 9.37 Å². The maximum absolute atomic E-state index is 14.2. The van der Waals surface area contributed by atoms with Crippen LogP contribution in [0.25, 0.3) is 10.4 Å². The van der Waals surface area contributed by atoms with Gasteiger partial charge in [0.2, 0.25) is 11.8 Å². The molecule has 1 aromatic heterocycles. The lowest BCUT2D eigenvalue weighted by atomic mass is 9.86. The summed E-state index contributed by atoms with van der Waals surface area (Å²) in [5, 5.41) is 2.94. The number of halogens is 2. The van der Waals surface area contributed by atoms with Crippen LogP contribution in [0.1, 0.15) is 51.4 Å². The van der Waals surface area contributed by atoms with Crippen molar-refractivity contribution in [2.45, 2.75) is 65.3 Å². The molecular formula is C23H32ClFN4O2S. The molecule has 6 nitrogen and oxygen atoms in total. The Hall–Kier alpha value is -2.03. The molecule has 0 bridgehead atoms. The number of aromatic nitrogens is 1. The zero-order valence-corrected chi connectivity index (χ0v) is 20.7. The molecule has 32 heavy (non-hydrogen) atoms. The van der Waals surface area contributed by atoms with Gasteiger partial charge in [0.05, 0.1) is 34.7 Å². The molecule has 2 amide bonds. The fourth-order valence-electron chi connectivity index (χ4n) is 3.72. The summed E-state index contributed by atoms with van der Waals surface area (Å²) in [4.78, 5) is 32.5. The molecule has 0 aliphatic carbocycles. The summed E-state index contributed by atoms with van der Waals surface area (Å²) in [5.41, 5.74) is 10.4. The van der Waals surface area contributed by atoms with Crippen molar-refractivity contribution in [1.29, 1.82) is 0 Å². The van der Waals surface area contributed by atoms with Gasteiger partial charge in [-0.15, -0.1) is 23.7 Å². The molecule has 3 rings (SSSR count). The molecule has 0 spiro atoms. The summed E-state index contributed by atoms with van der Waals surface area (Å²) in [5.74, 6) is -0.741. The minimum Gasteiger partial charge on any atom is -0.348 e. The third kappa shape index (κ3) is 5.66. The minimum atomic E-state index is -1.23. The predicted molar refractivity (Wildman–Crippen MR) is 129 cm³/mol. The molecule has 9 heteroatoms. The van der Waals surface area contributed by atoms with Gasteiger partial charge >= 0.3 is 0 Å². The summed E-state index contributed by atoms with van der Waals surface area (Å²) in [6, 6.07) is 6.00. The maximum Gasteiger partial charge on any atom is 0.243 e. The van der Waals surface area contributed by atoms with E-state index in [2.05, 4.69) is 10.3 Å². The zero-order chi connectivity index (χ0) is 22.9. The Bertz CT molecular complexity index is 944. The highest BCUT2D eigenvalue weighted by Crippen LogP contribution is 2.29. The van der Waals surface area contributed by atoms with E-state index >= 15 is 0 Å². The number of benzene rings is 1. The highest BCUT2D eigenvalue weighted by molar-refractivity contribution is 7.13. The summed E-state index contributed by atoms with van der Waals surface area (Å²) in [6.07, 6.45) is -1.24. The number of nitrogens with two attached hydrogens (primary N) is 1. The van der Waals surface area contributed by atoms with Crippen molar-refractivity contribution >= 4 is 35.6 Å². The number of aryl methyl sites for hydroxylation is 1. The molecule has 3 N–H and O–H groups in total. The van der Waals surface area contributed by atoms with E-state index in [0.29, 0.717) is 0 Å². The van der Waals surface area contributed by atoms with Gasteiger partial charge in [0.1, 0.15) is 12.2 Å². The van der Waals surface area contributed by atoms with Gasteiger partial charge in [-0.2, -0.15) is 0 Å². The fourth-order valence-corrected chi connectivity index (χ4v) is 4.53. The first-order chi connectivity index (χ1) is 14.5. The van der Waals surface area contributed by atoms with Crippen LogP contribution >= 0.6 is 23.7 Å². The smallest absolute Gasteiger partial charge is 0.243 e. The number of amides is 2. The highest BCUT2D eigenvalue weighted by atomic mass is 35.5. The van der Waals surface area contributed by atoms with Crippen LogP contribution in [-0.2, 0) is 9.59 Å². The van der Waals surface area contributed by atoms with E-state index in [1.54, 1.807) is 11.3 Å². The van der Waals surface area contributed by atoms with E-state index < -0.39 is 23.7 Å². The normalized spacial score (nSPS) is 20.4. The van der Waals surface area contributed by atoms with Crippen LogP contribution in [0, 0.1) is 12.3 Å².